The van der Waals surface area contributed by atoms with Crippen LogP contribution in [0.2, 0.25) is 0 Å². The van der Waals surface area contributed by atoms with Gasteiger partial charge in [-0.15, -0.1) is 4.67 Å². The lowest BCUT2D eigenvalue weighted by Crippen LogP contribution is -1.77. The molecule has 0 atom stereocenters. The first-order chi connectivity index (χ1) is 4.29. The summed E-state index contributed by atoms with van der Waals surface area (Å²) in [5.74, 6) is 0.167. The van der Waals surface area contributed by atoms with E-state index in [-0.39, 0.29) is 5.78 Å². The number of Topliss-reactive ketones (excluding diaryl/α,β-unsaturated/α-hetero) is 1. The molecule has 10 heavy (non-hydrogen) atoms. The molecule has 0 saturated heterocycles. The minimum Gasteiger partial charge on any atom is -0.301 e. The van der Waals surface area contributed by atoms with E-state index in [0.717, 1.165) is 0 Å². The van der Waals surface area contributed by atoms with E-state index >= 15 is 0 Å². The van der Waals surface area contributed by atoms with E-state index in [9.17, 15) is 9.36 Å². The second kappa shape index (κ2) is 5.52. The molecule has 0 aromatic heterocycles. The number of rotatable bonds is 1. The number of carbonyl (C=O) groups is 1. The zero-order valence-corrected chi connectivity index (χ0v) is 6.41. The van der Waals surface area contributed by atoms with Crippen LogP contribution in [0.15, 0.2) is 0 Å². The van der Waals surface area contributed by atoms with Gasteiger partial charge < -0.3 is 14.6 Å². The Labute approximate surface area is 57.6 Å². The monoisotopic (exact) mass is 172 g/mol. The summed E-state index contributed by atoms with van der Waals surface area (Å²) in [6.07, 6.45) is 0. The lowest BCUT2D eigenvalue weighted by molar-refractivity contribution is -0.158. The molecule has 0 rings (SSSR count). The van der Waals surface area contributed by atoms with E-state index in [1.165, 1.54) is 13.8 Å². The van der Waals surface area contributed by atoms with Gasteiger partial charge in [0.15, 0.2) is 0 Å². The molecule has 0 aliphatic carbocycles. The maximum atomic E-state index is 9.44. The van der Waals surface area contributed by atoms with Crippen LogP contribution in [0.4, 0.5) is 0 Å². The lowest BCUT2D eigenvalue weighted by atomic mass is 10.6. The van der Waals surface area contributed by atoms with Gasteiger partial charge in [0.2, 0.25) is 0 Å². The fraction of sp³-hybridized carbons (Fsp3) is 0.667. The van der Waals surface area contributed by atoms with E-state index in [1.54, 1.807) is 0 Å². The number of hydrogen-bond acceptors (Lipinski definition) is 4. The highest BCUT2D eigenvalue weighted by Crippen LogP contribution is 2.33. The van der Waals surface area contributed by atoms with Crippen molar-refractivity contribution < 1.29 is 29.1 Å². The SMILES string of the molecule is CC(C)=O.O=P(O)(O)OO. The van der Waals surface area contributed by atoms with Crippen molar-refractivity contribution in [3.05, 3.63) is 0 Å². The molecule has 0 aromatic carbocycles. The predicted molar refractivity (Wildman–Crippen MR) is 32.1 cm³/mol. The molecule has 6 nitrogen and oxygen atoms in total. The quantitative estimate of drug-likeness (QED) is 0.295. The summed E-state index contributed by atoms with van der Waals surface area (Å²) in [4.78, 5) is 24.4. The zero-order chi connectivity index (χ0) is 8.78. The normalized spacial score (nSPS) is 9.70. The van der Waals surface area contributed by atoms with Gasteiger partial charge in [-0.3, -0.25) is 0 Å². The smallest absolute Gasteiger partial charge is 0.301 e. The van der Waals surface area contributed by atoms with Gasteiger partial charge in [-0.2, -0.15) is 0 Å². The molecule has 0 amide bonds. The molecule has 0 radical (unpaired) electrons. The largest absolute Gasteiger partial charge is 0.496 e. The average Bonchev–Trinajstić information content (AvgIpc) is 1.63. The Balaban J connectivity index is 0. The van der Waals surface area contributed by atoms with Gasteiger partial charge >= 0.3 is 7.82 Å². The van der Waals surface area contributed by atoms with Crippen LogP contribution in [-0.2, 0) is 14.0 Å². The average molecular weight is 172 g/mol. The second-order valence-corrected chi connectivity index (χ2v) is 2.62. The summed E-state index contributed by atoms with van der Waals surface area (Å²) < 4.78 is 11.8. The highest BCUT2D eigenvalue weighted by atomic mass is 31.2. The fourth-order valence-electron chi connectivity index (χ4n) is 0. The van der Waals surface area contributed by atoms with E-state index < -0.39 is 7.82 Å². The molecule has 3 N–H and O–H groups in total. The highest BCUT2D eigenvalue weighted by molar-refractivity contribution is 7.46. The van der Waals surface area contributed by atoms with Crippen LogP contribution in [-0.4, -0.2) is 20.8 Å². The summed E-state index contributed by atoms with van der Waals surface area (Å²) in [7, 11) is -4.59. The molecule has 0 aromatic rings. The van der Waals surface area contributed by atoms with Crippen molar-refractivity contribution in [2.75, 3.05) is 0 Å². The molecule has 0 saturated carbocycles. The molecule has 0 aliphatic rings. The predicted octanol–water partition coefficient (Wildman–Crippen LogP) is 0.164. The molecule has 7 heteroatoms. The fourth-order valence-corrected chi connectivity index (χ4v) is 0. The Kier molecular flexibility index (Phi) is 6.85. The summed E-state index contributed by atoms with van der Waals surface area (Å²) in [5.41, 5.74) is 0. The molecule has 0 heterocycles. The van der Waals surface area contributed by atoms with Crippen molar-refractivity contribution in [1.82, 2.24) is 0 Å². The van der Waals surface area contributed by atoms with Crippen LogP contribution < -0.4 is 0 Å². The number of phosphoric acid groups is 1. The Hall–Kier alpha value is -0.260. The molecule has 0 bridgehead atoms. The first-order valence-corrected chi connectivity index (χ1v) is 3.68. The van der Waals surface area contributed by atoms with Gasteiger partial charge in [0.25, 0.3) is 0 Å². The third-order valence-corrected chi connectivity index (χ3v) is 0.319. The number of ketones is 1. The lowest BCUT2D eigenvalue weighted by Gasteiger charge is -1.90. The number of hydrogen-bond donors (Lipinski definition) is 3. The van der Waals surface area contributed by atoms with Gasteiger partial charge in [-0.25, -0.2) is 9.82 Å². The van der Waals surface area contributed by atoms with Crippen molar-refractivity contribution in [3.8, 4) is 0 Å². The number of carbonyl (C=O) groups excluding carboxylic acids is 1. The van der Waals surface area contributed by atoms with E-state index in [2.05, 4.69) is 4.67 Å². The van der Waals surface area contributed by atoms with Crippen LogP contribution in [0, 0.1) is 0 Å². The minimum absolute atomic E-state index is 0.167. The maximum Gasteiger partial charge on any atom is 0.496 e. The maximum absolute atomic E-state index is 9.44. The van der Waals surface area contributed by atoms with Gasteiger partial charge in [-0.05, 0) is 13.8 Å². The van der Waals surface area contributed by atoms with Crippen molar-refractivity contribution >= 4 is 13.6 Å². The Morgan fingerprint density at radius 3 is 1.50 bits per heavy atom. The van der Waals surface area contributed by atoms with Crippen LogP contribution >= 0.6 is 7.82 Å². The van der Waals surface area contributed by atoms with Gasteiger partial charge in [-0.1, -0.05) is 0 Å². The first-order valence-electron chi connectivity index (χ1n) is 2.15. The summed E-state index contributed by atoms with van der Waals surface area (Å²) in [6.45, 7) is 3.06. The van der Waals surface area contributed by atoms with Gasteiger partial charge in [0, 0.05) is 0 Å². The summed E-state index contributed by atoms with van der Waals surface area (Å²) in [5, 5.41) is 7.14. The van der Waals surface area contributed by atoms with E-state index in [0.29, 0.717) is 0 Å². The van der Waals surface area contributed by atoms with E-state index in [1.807, 2.05) is 0 Å². The van der Waals surface area contributed by atoms with E-state index in [4.69, 9.17) is 15.0 Å². The molecule has 0 fully saturated rings. The molecule has 0 unspecified atom stereocenters. The van der Waals surface area contributed by atoms with Crippen LogP contribution in [0.5, 0.6) is 0 Å². The van der Waals surface area contributed by atoms with Crippen molar-refractivity contribution in [2.24, 2.45) is 0 Å². The summed E-state index contributed by atoms with van der Waals surface area (Å²) >= 11 is 0. The van der Waals surface area contributed by atoms with Crippen molar-refractivity contribution in [2.45, 2.75) is 13.8 Å². The Morgan fingerprint density at radius 1 is 1.40 bits per heavy atom. The first kappa shape index (κ1) is 12.4. The molecule has 62 valence electrons. The second-order valence-electron chi connectivity index (χ2n) is 1.48. The third kappa shape index (κ3) is 46.8. The zero-order valence-electron chi connectivity index (χ0n) is 5.51. The van der Waals surface area contributed by atoms with Crippen LogP contribution in [0.1, 0.15) is 13.8 Å². The molecule has 0 spiro atoms. The Bertz CT molecular complexity index is 132. The topological polar surface area (TPSA) is 104 Å². The van der Waals surface area contributed by atoms with Crippen molar-refractivity contribution in [1.29, 1.82) is 0 Å². The third-order valence-electron chi connectivity index (χ3n) is 0.106. The molecular weight excluding hydrogens is 163 g/mol. The molecular formula is C3H9O6P. The van der Waals surface area contributed by atoms with Gasteiger partial charge in [0.1, 0.15) is 5.78 Å². The highest BCUT2D eigenvalue weighted by Gasteiger charge is 2.10. The minimum atomic E-state index is -4.59. The van der Waals surface area contributed by atoms with Crippen LogP contribution in [0.3, 0.4) is 0 Å². The summed E-state index contributed by atoms with van der Waals surface area (Å²) in [6, 6.07) is 0. The van der Waals surface area contributed by atoms with Crippen LogP contribution in [0.25, 0.3) is 0 Å². The standard InChI is InChI=1S/C3H6O.H3O5P/c1-3(2)4;1-5-6(2,3)4/h1-2H3;1H,(H2,2,3,4). The van der Waals surface area contributed by atoms with Gasteiger partial charge in [0.05, 0.1) is 0 Å². The molecule has 0 aliphatic heterocycles. The Morgan fingerprint density at radius 2 is 1.50 bits per heavy atom. The van der Waals surface area contributed by atoms with Crippen molar-refractivity contribution in [3.63, 3.8) is 0 Å².